The Morgan fingerprint density at radius 3 is 2.40 bits per heavy atom. The van der Waals surface area contributed by atoms with E-state index < -0.39 is 0 Å². The second-order valence-electron chi connectivity index (χ2n) is 7.98. The lowest BCUT2D eigenvalue weighted by Gasteiger charge is -2.18. The number of benzene rings is 2. The highest BCUT2D eigenvalue weighted by Crippen LogP contribution is 2.30. The van der Waals surface area contributed by atoms with Crippen molar-refractivity contribution < 1.29 is 4.74 Å². The van der Waals surface area contributed by atoms with E-state index in [4.69, 9.17) is 11.2 Å². The summed E-state index contributed by atoms with van der Waals surface area (Å²) >= 11 is 0. The molecule has 2 aromatic carbocycles. The van der Waals surface area contributed by atoms with Crippen LogP contribution in [0.1, 0.15) is 52.0 Å². The third-order valence-electron chi connectivity index (χ3n) is 5.72. The lowest BCUT2D eigenvalue weighted by Crippen LogP contribution is -2.27. The average Bonchev–Trinajstić information content (AvgIpc) is 2.76. The molecule has 0 N–H and O–H groups in total. The summed E-state index contributed by atoms with van der Waals surface area (Å²) in [6.07, 6.45) is 7.39. The van der Waals surface area contributed by atoms with E-state index in [-0.39, 0.29) is 12.3 Å². The molecule has 0 saturated heterocycles. The fourth-order valence-corrected chi connectivity index (χ4v) is 3.70. The molecule has 3 aromatic rings. The van der Waals surface area contributed by atoms with Crippen LogP contribution in [0.2, 0.25) is 0 Å². The minimum Gasteiger partial charge on any atom is -0.481 e. The molecule has 4 heteroatoms. The Bertz CT molecular complexity index is 1100. The summed E-state index contributed by atoms with van der Waals surface area (Å²) < 4.78 is 7.44. The van der Waals surface area contributed by atoms with Crippen LogP contribution in [-0.4, -0.2) is 16.2 Å². The van der Waals surface area contributed by atoms with Gasteiger partial charge in [-0.15, -0.1) is 6.42 Å². The molecule has 0 spiro atoms. The second kappa shape index (κ2) is 9.63. The van der Waals surface area contributed by atoms with E-state index in [9.17, 15) is 4.79 Å². The van der Waals surface area contributed by atoms with Crippen LogP contribution in [0, 0.1) is 18.3 Å². The Morgan fingerprint density at radius 1 is 1.10 bits per heavy atom. The minimum atomic E-state index is -0.213. The maximum absolute atomic E-state index is 13.0. The zero-order chi connectivity index (χ0) is 21.7. The third kappa shape index (κ3) is 4.57. The van der Waals surface area contributed by atoms with E-state index in [2.05, 4.69) is 50.7 Å². The molecule has 3 rings (SSSR count). The molecular weight excluding hydrogens is 372 g/mol. The van der Waals surface area contributed by atoms with Crippen molar-refractivity contribution in [1.82, 2.24) is 9.55 Å². The van der Waals surface area contributed by atoms with Crippen molar-refractivity contribution in [2.75, 3.05) is 6.61 Å². The fraction of sp³-hybridized carbons (Fsp3) is 0.385. The topological polar surface area (TPSA) is 44.1 Å². The van der Waals surface area contributed by atoms with E-state index >= 15 is 0 Å². The Morgan fingerprint density at radius 2 is 1.80 bits per heavy atom. The van der Waals surface area contributed by atoms with Crippen molar-refractivity contribution in [2.45, 2.75) is 53.0 Å². The van der Waals surface area contributed by atoms with E-state index in [0.717, 1.165) is 29.3 Å². The number of rotatable bonds is 8. The molecule has 0 radical (unpaired) electrons. The number of ether oxygens (including phenoxy) is 1. The summed E-state index contributed by atoms with van der Waals surface area (Å²) in [5.41, 5.74) is 3.51. The monoisotopic (exact) mass is 402 g/mol. The van der Waals surface area contributed by atoms with E-state index in [1.54, 1.807) is 4.57 Å². The zero-order valence-electron chi connectivity index (χ0n) is 18.3. The van der Waals surface area contributed by atoms with Crippen LogP contribution < -0.4 is 10.4 Å². The predicted molar refractivity (Wildman–Crippen MR) is 124 cm³/mol. The first-order chi connectivity index (χ1) is 14.5. The molecular formula is C26H30N2O2. The van der Waals surface area contributed by atoms with Gasteiger partial charge < -0.3 is 4.74 Å². The first-order valence-corrected chi connectivity index (χ1v) is 10.7. The molecule has 1 heterocycles. The van der Waals surface area contributed by atoms with Gasteiger partial charge in [0.25, 0.3) is 0 Å². The van der Waals surface area contributed by atoms with Gasteiger partial charge in [-0.3, -0.25) is 4.57 Å². The second-order valence-corrected chi connectivity index (χ2v) is 7.98. The molecule has 0 saturated carbocycles. The maximum Gasteiger partial charge on any atom is 0.348 e. The van der Waals surface area contributed by atoms with Gasteiger partial charge in [-0.1, -0.05) is 70.7 Å². The molecule has 0 fully saturated rings. The summed E-state index contributed by atoms with van der Waals surface area (Å²) in [6.45, 7) is 9.50. The van der Waals surface area contributed by atoms with Gasteiger partial charge in [0.05, 0.1) is 11.2 Å². The third-order valence-corrected chi connectivity index (χ3v) is 5.72. The van der Waals surface area contributed by atoms with Crippen molar-refractivity contribution in [2.24, 2.45) is 5.92 Å². The van der Waals surface area contributed by atoms with Crippen molar-refractivity contribution >= 4 is 10.9 Å². The lowest BCUT2D eigenvalue weighted by atomic mass is 9.99. The Balaban J connectivity index is 2.20. The molecule has 0 aliphatic carbocycles. The normalized spacial score (nSPS) is 11.2. The first kappa shape index (κ1) is 21.6. The number of fused-ring (bicyclic) bond motifs is 1. The van der Waals surface area contributed by atoms with Crippen molar-refractivity contribution in [3.8, 4) is 29.4 Å². The molecule has 4 nitrogen and oxygen atoms in total. The molecule has 0 atom stereocenters. The predicted octanol–water partition coefficient (Wildman–Crippen LogP) is 5.64. The molecule has 1 aromatic heterocycles. The highest BCUT2D eigenvalue weighted by Gasteiger charge is 2.16. The first-order valence-electron chi connectivity index (χ1n) is 10.7. The fourth-order valence-electron chi connectivity index (χ4n) is 3.70. The van der Waals surface area contributed by atoms with Gasteiger partial charge in [-0.25, -0.2) is 4.79 Å². The SMILES string of the molecule is C#CCOc1ccc2c(c1)c(-c1ccc(C(C)C)cc1)nc(=O)n2CC(CC)CC. The van der Waals surface area contributed by atoms with Gasteiger partial charge in [0.1, 0.15) is 12.4 Å². The van der Waals surface area contributed by atoms with Crippen molar-refractivity contribution in [3.05, 3.63) is 58.5 Å². The standard InChI is InChI=1S/C26H30N2O2/c1-6-15-30-22-13-14-24-23(16-22)25(21-11-9-20(10-12-21)18(4)5)27-26(29)28(24)17-19(7-2)8-3/h1,9-14,16,18-19H,7-8,15,17H2,2-5H3. The number of terminal acetylenes is 1. The highest BCUT2D eigenvalue weighted by atomic mass is 16.5. The molecule has 0 aliphatic heterocycles. The van der Waals surface area contributed by atoms with Gasteiger partial charge in [-0.05, 0) is 35.6 Å². The van der Waals surface area contributed by atoms with E-state index in [1.165, 1.54) is 5.56 Å². The van der Waals surface area contributed by atoms with Crippen LogP contribution in [-0.2, 0) is 6.54 Å². The van der Waals surface area contributed by atoms with Crippen LogP contribution >= 0.6 is 0 Å². The summed E-state index contributed by atoms with van der Waals surface area (Å²) in [6, 6.07) is 14.0. The van der Waals surface area contributed by atoms with Crippen LogP contribution in [0.25, 0.3) is 22.2 Å². The van der Waals surface area contributed by atoms with Crippen LogP contribution in [0.4, 0.5) is 0 Å². The Kier molecular flexibility index (Phi) is 6.95. The van der Waals surface area contributed by atoms with Crippen LogP contribution in [0.15, 0.2) is 47.3 Å². The number of hydrogen-bond acceptors (Lipinski definition) is 3. The van der Waals surface area contributed by atoms with E-state index in [1.807, 2.05) is 30.3 Å². The van der Waals surface area contributed by atoms with Gasteiger partial charge in [0, 0.05) is 17.5 Å². The van der Waals surface area contributed by atoms with Gasteiger partial charge in [0.15, 0.2) is 0 Å². The average molecular weight is 403 g/mol. The summed E-state index contributed by atoms with van der Waals surface area (Å²) in [7, 11) is 0. The Labute approximate surface area is 178 Å². The number of aromatic nitrogens is 2. The van der Waals surface area contributed by atoms with Crippen molar-refractivity contribution in [1.29, 1.82) is 0 Å². The Hall–Kier alpha value is -3.06. The molecule has 30 heavy (non-hydrogen) atoms. The van der Waals surface area contributed by atoms with Gasteiger partial charge in [-0.2, -0.15) is 4.98 Å². The summed E-state index contributed by atoms with van der Waals surface area (Å²) in [5.74, 6) is 4.05. The lowest BCUT2D eigenvalue weighted by molar-refractivity contribution is 0.371. The van der Waals surface area contributed by atoms with Gasteiger partial charge in [0.2, 0.25) is 0 Å². The highest BCUT2D eigenvalue weighted by molar-refractivity contribution is 5.93. The quantitative estimate of drug-likeness (QED) is 0.458. The molecule has 0 unspecified atom stereocenters. The van der Waals surface area contributed by atoms with Crippen LogP contribution in [0.5, 0.6) is 5.75 Å². The molecule has 0 aliphatic rings. The maximum atomic E-state index is 13.0. The summed E-state index contributed by atoms with van der Waals surface area (Å²) in [4.78, 5) is 17.5. The number of hydrogen-bond donors (Lipinski definition) is 0. The van der Waals surface area contributed by atoms with Crippen molar-refractivity contribution in [3.63, 3.8) is 0 Å². The van der Waals surface area contributed by atoms with Gasteiger partial charge >= 0.3 is 5.69 Å². The minimum absolute atomic E-state index is 0.199. The van der Waals surface area contributed by atoms with E-state index in [0.29, 0.717) is 29.8 Å². The zero-order valence-corrected chi connectivity index (χ0v) is 18.3. The smallest absolute Gasteiger partial charge is 0.348 e. The molecule has 156 valence electrons. The van der Waals surface area contributed by atoms with Crippen LogP contribution in [0.3, 0.4) is 0 Å². The largest absolute Gasteiger partial charge is 0.481 e. The number of nitrogens with zero attached hydrogens (tertiary/aromatic N) is 2. The molecule has 0 amide bonds. The summed E-state index contributed by atoms with van der Waals surface area (Å²) in [5, 5.41) is 0.896. The molecule has 0 bridgehead atoms.